The Morgan fingerprint density at radius 2 is 2.17 bits per heavy atom. The molecule has 2 aromatic heterocycles. The third-order valence-corrected chi connectivity index (χ3v) is 3.46. The summed E-state index contributed by atoms with van der Waals surface area (Å²) in [5.74, 6) is 0.807. The third kappa shape index (κ3) is 3.39. The highest BCUT2D eigenvalue weighted by Gasteiger charge is 2.05. The Hall–Kier alpha value is -3.09. The van der Waals surface area contributed by atoms with Gasteiger partial charge in [0.15, 0.2) is 5.65 Å². The van der Waals surface area contributed by atoms with Gasteiger partial charge in [-0.25, -0.2) is 14.3 Å². The van der Waals surface area contributed by atoms with Crippen LogP contribution in [0.4, 0.5) is 10.5 Å². The zero-order valence-corrected chi connectivity index (χ0v) is 12.9. The van der Waals surface area contributed by atoms with E-state index in [9.17, 15) is 4.79 Å². The number of benzene rings is 1. The van der Waals surface area contributed by atoms with E-state index in [4.69, 9.17) is 4.74 Å². The molecule has 0 saturated heterocycles. The molecule has 0 aliphatic carbocycles. The molecule has 0 aliphatic rings. The average Bonchev–Trinajstić information content (AvgIpc) is 3.01. The Labute approximate surface area is 133 Å². The molecule has 0 unspecified atom stereocenters. The summed E-state index contributed by atoms with van der Waals surface area (Å²) in [6.07, 6.45) is 3.17. The van der Waals surface area contributed by atoms with E-state index < -0.39 is 0 Å². The predicted molar refractivity (Wildman–Crippen MR) is 86.6 cm³/mol. The predicted octanol–water partition coefficient (Wildman–Crippen LogP) is 2.37. The van der Waals surface area contributed by atoms with Crippen LogP contribution in [0.25, 0.3) is 5.65 Å². The number of hydrogen-bond donors (Lipinski definition) is 2. The minimum absolute atomic E-state index is 0.288. The van der Waals surface area contributed by atoms with Gasteiger partial charge in [-0.3, -0.25) is 0 Å². The van der Waals surface area contributed by atoms with Crippen LogP contribution < -0.4 is 15.4 Å². The fourth-order valence-electron chi connectivity index (χ4n) is 2.22. The molecule has 0 aliphatic heterocycles. The highest BCUT2D eigenvalue weighted by atomic mass is 16.5. The topological polar surface area (TPSA) is 80.5 Å². The zero-order valence-electron chi connectivity index (χ0n) is 12.9. The second-order valence-electron chi connectivity index (χ2n) is 5.09. The van der Waals surface area contributed by atoms with Crippen LogP contribution >= 0.6 is 0 Å². The summed E-state index contributed by atoms with van der Waals surface area (Å²) in [5, 5.41) is 9.60. The quantitative estimate of drug-likeness (QED) is 0.775. The number of nitrogens with zero attached hydrogens (tertiary/aromatic N) is 3. The van der Waals surface area contributed by atoms with Crippen molar-refractivity contribution >= 4 is 17.4 Å². The maximum atomic E-state index is 12.0. The molecular formula is C16H17N5O2. The van der Waals surface area contributed by atoms with Crippen molar-refractivity contribution in [2.75, 3.05) is 12.4 Å². The van der Waals surface area contributed by atoms with Gasteiger partial charge in [0.2, 0.25) is 0 Å². The molecule has 2 heterocycles. The minimum Gasteiger partial charge on any atom is -0.496 e. The largest absolute Gasteiger partial charge is 0.496 e. The average molecular weight is 311 g/mol. The molecule has 3 aromatic rings. The lowest BCUT2D eigenvalue weighted by atomic mass is 10.1. The Bertz CT molecular complexity index is 843. The molecule has 23 heavy (non-hydrogen) atoms. The number of hydrogen-bond acceptors (Lipinski definition) is 4. The van der Waals surface area contributed by atoms with Gasteiger partial charge >= 0.3 is 6.03 Å². The van der Waals surface area contributed by atoms with E-state index in [0.29, 0.717) is 12.2 Å². The van der Waals surface area contributed by atoms with Crippen LogP contribution in [-0.2, 0) is 6.54 Å². The molecule has 0 atom stereocenters. The number of anilines is 1. The van der Waals surface area contributed by atoms with Crippen molar-refractivity contribution in [3.8, 4) is 5.75 Å². The molecule has 2 N–H and O–H groups in total. The summed E-state index contributed by atoms with van der Waals surface area (Å²) in [4.78, 5) is 16.0. The number of amides is 2. The third-order valence-electron chi connectivity index (χ3n) is 3.46. The van der Waals surface area contributed by atoms with Crippen molar-refractivity contribution in [3.63, 3.8) is 0 Å². The summed E-state index contributed by atoms with van der Waals surface area (Å²) in [6, 6.07) is 9.11. The van der Waals surface area contributed by atoms with Gasteiger partial charge in [0, 0.05) is 6.54 Å². The first-order valence-corrected chi connectivity index (χ1v) is 7.13. The number of rotatable bonds is 4. The summed E-state index contributed by atoms with van der Waals surface area (Å²) >= 11 is 0. The summed E-state index contributed by atoms with van der Waals surface area (Å²) in [7, 11) is 1.63. The van der Waals surface area contributed by atoms with Crippen molar-refractivity contribution in [3.05, 3.63) is 54.0 Å². The zero-order chi connectivity index (χ0) is 16.2. The lowest BCUT2D eigenvalue weighted by Gasteiger charge is -2.10. The fourth-order valence-corrected chi connectivity index (χ4v) is 2.22. The molecule has 1 aromatic carbocycles. The van der Waals surface area contributed by atoms with Crippen molar-refractivity contribution in [2.45, 2.75) is 13.5 Å². The number of aromatic nitrogens is 3. The van der Waals surface area contributed by atoms with Crippen LogP contribution in [0.5, 0.6) is 5.75 Å². The number of carbonyl (C=O) groups excluding carboxylic acids is 1. The Balaban J connectivity index is 1.60. The van der Waals surface area contributed by atoms with Gasteiger partial charge in [-0.2, -0.15) is 5.10 Å². The second-order valence-corrected chi connectivity index (χ2v) is 5.09. The fraction of sp³-hybridized carbons (Fsp3) is 0.188. The number of nitrogens with one attached hydrogen (secondary N) is 2. The SMILES string of the molecule is COc1cc(CNC(=O)Nc2ccc3ncnn3c2)ccc1C. The van der Waals surface area contributed by atoms with Crippen LogP contribution in [0.3, 0.4) is 0 Å². The van der Waals surface area contributed by atoms with Gasteiger partial charge in [0.1, 0.15) is 12.1 Å². The number of urea groups is 1. The van der Waals surface area contributed by atoms with E-state index in [1.165, 1.54) is 6.33 Å². The number of ether oxygens (including phenoxy) is 1. The summed E-state index contributed by atoms with van der Waals surface area (Å²) < 4.78 is 6.88. The van der Waals surface area contributed by atoms with Crippen molar-refractivity contribution in [2.24, 2.45) is 0 Å². The van der Waals surface area contributed by atoms with Gasteiger partial charge in [0.05, 0.1) is 19.0 Å². The smallest absolute Gasteiger partial charge is 0.319 e. The lowest BCUT2D eigenvalue weighted by molar-refractivity contribution is 0.251. The van der Waals surface area contributed by atoms with E-state index >= 15 is 0 Å². The van der Waals surface area contributed by atoms with Crippen LogP contribution in [0.1, 0.15) is 11.1 Å². The van der Waals surface area contributed by atoms with Crippen LogP contribution in [-0.4, -0.2) is 27.7 Å². The van der Waals surface area contributed by atoms with Gasteiger partial charge in [-0.05, 0) is 36.2 Å². The van der Waals surface area contributed by atoms with E-state index in [2.05, 4.69) is 20.7 Å². The molecule has 0 fully saturated rings. The van der Waals surface area contributed by atoms with E-state index in [1.54, 1.807) is 30.0 Å². The molecule has 0 spiro atoms. The van der Waals surface area contributed by atoms with E-state index in [0.717, 1.165) is 22.5 Å². The first-order valence-electron chi connectivity index (χ1n) is 7.13. The highest BCUT2D eigenvalue weighted by molar-refractivity contribution is 5.89. The number of aryl methyl sites for hydroxylation is 1. The molecule has 7 nitrogen and oxygen atoms in total. The second kappa shape index (κ2) is 6.35. The molecule has 118 valence electrons. The maximum Gasteiger partial charge on any atom is 0.319 e. The van der Waals surface area contributed by atoms with Gasteiger partial charge in [-0.15, -0.1) is 0 Å². The number of fused-ring (bicyclic) bond motifs is 1. The Morgan fingerprint density at radius 3 is 3.00 bits per heavy atom. The van der Waals surface area contributed by atoms with Crippen LogP contribution in [0, 0.1) is 6.92 Å². The number of carbonyl (C=O) groups is 1. The van der Waals surface area contributed by atoms with E-state index in [1.807, 2.05) is 25.1 Å². The Kier molecular flexibility index (Phi) is 4.09. The molecule has 0 bridgehead atoms. The molecule has 0 radical (unpaired) electrons. The van der Waals surface area contributed by atoms with E-state index in [-0.39, 0.29) is 6.03 Å². The summed E-state index contributed by atoms with van der Waals surface area (Å²) in [5.41, 5.74) is 3.39. The van der Waals surface area contributed by atoms with Crippen molar-refractivity contribution < 1.29 is 9.53 Å². The summed E-state index contributed by atoms with van der Waals surface area (Å²) in [6.45, 7) is 2.39. The molecule has 7 heteroatoms. The Morgan fingerprint density at radius 1 is 1.30 bits per heavy atom. The molecule has 3 rings (SSSR count). The highest BCUT2D eigenvalue weighted by Crippen LogP contribution is 2.18. The standard InChI is InChI=1S/C16H17N5O2/c1-11-3-4-12(7-14(11)23-2)8-17-16(22)20-13-5-6-15-18-10-19-21(15)9-13/h3-7,9-10H,8H2,1-2H3,(H2,17,20,22). The first-order chi connectivity index (χ1) is 11.2. The number of methoxy groups -OCH3 is 1. The van der Waals surface area contributed by atoms with Gasteiger partial charge in [-0.1, -0.05) is 12.1 Å². The van der Waals surface area contributed by atoms with Crippen LogP contribution in [0.2, 0.25) is 0 Å². The van der Waals surface area contributed by atoms with Crippen molar-refractivity contribution in [1.82, 2.24) is 19.9 Å². The monoisotopic (exact) mass is 311 g/mol. The maximum absolute atomic E-state index is 12.0. The minimum atomic E-state index is -0.288. The van der Waals surface area contributed by atoms with Crippen molar-refractivity contribution in [1.29, 1.82) is 0 Å². The molecular weight excluding hydrogens is 294 g/mol. The van der Waals surface area contributed by atoms with Gasteiger partial charge in [0.25, 0.3) is 0 Å². The normalized spacial score (nSPS) is 10.5. The van der Waals surface area contributed by atoms with Crippen LogP contribution in [0.15, 0.2) is 42.9 Å². The number of pyridine rings is 1. The lowest BCUT2D eigenvalue weighted by Crippen LogP contribution is -2.28. The van der Waals surface area contributed by atoms with Gasteiger partial charge < -0.3 is 15.4 Å². The molecule has 2 amide bonds. The molecule has 0 saturated carbocycles. The first kappa shape index (κ1) is 14.8.